The van der Waals surface area contributed by atoms with Gasteiger partial charge in [0, 0.05) is 10.9 Å². The predicted octanol–water partition coefficient (Wildman–Crippen LogP) is 5.30. The molecule has 1 saturated carbocycles. The average Bonchev–Trinajstić information content (AvgIpc) is 3.44. The maximum atomic E-state index is 12.9. The Kier molecular flexibility index (Phi) is 6.10. The Morgan fingerprint density at radius 3 is 2.66 bits per heavy atom. The number of carboxylic acid groups (broad SMARTS) is 1. The fourth-order valence-electron chi connectivity index (χ4n) is 3.23. The number of aliphatic carboxylic acids is 1. The molecule has 0 heterocycles. The monoisotopic (exact) mass is 428 g/mol. The lowest BCUT2D eigenvalue weighted by atomic mass is 9.97. The molecule has 29 heavy (non-hydrogen) atoms. The summed E-state index contributed by atoms with van der Waals surface area (Å²) in [6.45, 7) is 1.69. The second-order valence-corrected chi connectivity index (χ2v) is 7.70. The van der Waals surface area contributed by atoms with E-state index in [2.05, 4.69) is 0 Å². The van der Waals surface area contributed by atoms with E-state index in [1.165, 1.54) is 13.0 Å². The summed E-state index contributed by atoms with van der Waals surface area (Å²) in [5.41, 5.74) is 0.165. The molecule has 0 spiro atoms. The number of benzene rings is 2. The number of hydrogen-bond acceptors (Lipinski definition) is 3. The summed E-state index contributed by atoms with van der Waals surface area (Å²) in [5, 5.41) is 19.5. The van der Waals surface area contributed by atoms with Crippen LogP contribution in [-0.2, 0) is 11.0 Å². The van der Waals surface area contributed by atoms with E-state index in [1.807, 2.05) is 0 Å². The molecule has 1 aliphatic rings. The molecule has 0 radical (unpaired) electrons. The number of halogens is 4. The zero-order chi connectivity index (χ0) is 21.3. The van der Waals surface area contributed by atoms with Crippen molar-refractivity contribution in [3.8, 4) is 5.75 Å². The van der Waals surface area contributed by atoms with Crippen molar-refractivity contribution in [3.63, 3.8) is 0 Å². The molecular weight excluding hydrogens is 409 g/mol. The van der Waals surface area contributed by atoms with Crippen molar-refractivity contribution in [2.45, 2.75) is 31.5 Å². The topological polar surface area (TPSA) is 66.8 Å². The second-order valence-electron chi connectivity index (χ2n) is 7.29. The summed E-state index contributed by atoms with van der Waals surface area (Å²) >= 11 is 6.09. The molecular formula is C21H20ClF3O4. The van der Waals surface area contributed by atoms with Gasteiger partial charge in [0.1, 0.15) is 5.75 Å². The van der Waals surface area contributed by atoms with Gasteiger partial charge in [-0.15, -0.1) is 0 Å². The third-order valence-corrected chi connectivity index (χ3v) is 5.52. The van der Waals surface area contributed by atoms with Crippen LogP contribution in [-0.4, -0.2) is 22.8 Å². The molecule has 2 aromatic carbocycles. The molecule has 1 aliphatic carbocycles. The zero-order valence-electron chi connectivity index (χ0n) is 15.5. The quantitative estimate of drug-likeness (QED) is 0.628. The minimum absolute atomic E-state index is 0.0301. The number of carbonyl (C=O) groups is 1. The second kappa shape index (κ2) is 8.24. The van der Waals surface area contributed by atoms with E-state index >= 15 is 0 Å². The SMILES string of the molecule is C[C@H](C(=O)O)[C@@H](O)c1cccc(OC[C@H]2C[C@@H]2c2cc(C(F)(F)F)ccc2Cl)c1. The summed E-state index contributed by atoms with van der Waals surface area (Å²) in [7, 11) is 0. The summed E-state index contributed by atoms with van der Waals surface area (Å²) < 4.78 is 44.5. The van der Waals surface area contributed by atoms with Gasteiger partial charge in [-0.3, -0.25) is 4.79 Å². The highest BCUT2D eigenvalue weighted by atomic mass is 35.5. The summed E-state index contributed by atoms with van der Waals surface area (Å²) in [5.74, 6) is -1.70. The van der Waals surface area contributed by atoms with Gasteiger partial charge in [-0.05, 0) is 60.7 Å². The van der Waals surface area contributed by atoms with Crippen LogP contribution in [0.25, 0.3) is 0 Å². The number of aliphatic hydroxyl groups excluding tert-OH is 1. The Balaban J connectivity index is 1.63. The van der Waals surface area contributed by atoms with E-state index in [1.54, 1.807) is 24.3 Å². The number of aliphatic hydroxyl groups is 1. The van der Waals surface area contributed by atoms with Crippen molar-refractivity contribution in [2.24, 2.45) is 11.8 Å². The van der Waals surface area contributed by atoms with Gasteiger partial charge in [0.25, 0.3) is 0 Å². The number of rotatable bonds is 7. The van der Waals surface area contributed by atoms with Crippen LogP contribution in [0.2, 0.25) is 5.02 Å². The fraction of sp³-hybridized carbons (Fsp3) is 0.381. The van der Waals surface area contributed by atoms with Crippen molar-refractivity contribution >= 4 is 17.6 Å². The number of carboxylic acids is 1. The Labute approximate surface area is 170 Å². The highest BCUT2D eigenvalue weighted by Gasteiger charge is 2.41. The van der Waals surface area contributed by atoms with Gasteiger partial charge in [0.15, 0.2) is 0 Å². The molecule has 1 fully saturated rings. The Morgan fingerprint density at radius 2 is 2.00 bits per heavy atom. The van der Waals surface area contributed by atoms with Crippen molar-refractivity contribution < 1.29 is 32.9 Å². The van der Waals surface area contributed by atoms with Crippen molar-refractivity contribution in [2.75, 3.05) is 6.61 Å². The lowest BCUT2D eigenvalue weighted by Gasteiger charge is -2.16. The summed E-state index contributed by atoms with van der Waals surface area (Å²) in [6.07, 6.45) is -4.93. The summed E-state index contributed by atoms with van der Waals surface area (Å²) in [6, 6.07) is 9.83. The molecule has 4 atom stereocenters. The highest BCUT2D eigenvalue weighted by Crippen LogP contribution is 2.50. The number of alkyl halides is 3. The maximum Gasteiger partial charge on any atom is 0.416 e. The van der Waals surface area contributed by atoms with Crippen LogP contribution < -0.4 is 4.74 Å². The van der Waals surface area contributed by atoms with Gasteiger partial charge in [-0.25, -0.2) is 0 Å². The first kappa shape index (κ1) is 21.5. The molecule has 8 heteroatoms. The van der Waals surface area contributed by atoms with Crippen LogP contribution in [0.4, 0.5) is 13.2 Å². The van der Waals surface area contributed by atoms with Crippen LogP contribution in [0.3, 0.4) is 0 Å². The molecule has 2 aromatic rings. The predicted molar refractivity (Wildman–Crippen MR) is 101 cm³/mol. The first-order valence-electron chi connectivity index (χ1n) is 9.08. The van der Waals surface area contributed by atoms with E-state index in [4.69, 9.17) is 21.4 Å². The normalized spacial score (nSPS) is 20.8. The Hall–Kier alpha value is -2.25. The van der Waals surface area contributed by atoms with E-state index < -0.39 is 29.7 Å². The van der Waals surface area contributed by atoms with E-state index in [-0.39, 0.29) is 18.4 Å². The molecule has 0 saturated heterocycles. The smallest absolute Gasteiger partial charge is 0.416 e. The molecule has 2 N–H and O–H groups in total. The first-order valence-corrected chi connectivity index (χ1v) is 9.46. The van der Waals surface area contributed by atoms with Crippen LogP contribution in [0.5, 0.6) is 5.75 Å². The van der Waals surface area contributed by atoms with Gasteiger partial charge in [0.2, 0.25) is 0 Å². The van der Waals surface area contributed by atoms with Crippen LogP contribution in [0, 0.1) is 11.8 Å². The molecule has 0 amide bonds. The standard InChI is InChI=1S/C21H20ClF3O4/c1-11(20(27)28)19(26)12-3-2-4-15(7-12)29-10-13-8-16(13)17-9-14(21(23,24)25)5-6-18(17)22/h2-7,9,11,13,16,19,26H,8,10H2,1H3,(H,27,28)/t11-,13+,16-,19+/m0/s1. The maximum absolute atomic E-state index is 12.9. The summed E-state index contributed by atoms with van der Waals surface area (Å²) in [4.78, 5) is 11.0. The fourth-order valence-corrected chi connectivity index (χ4v) is 3.49. The molecule has 0 aromatic heterocycles. The molecule has 0 unspecified atom stereocenters. The Bertz CT molecular complexity index is 900. The lowest BCUT2D eigenvalue weighted by Crippen LogP contribution is -2.18. The number of ether oxygens (including phenoxy) is 1. The third-order valence-electron chi connectivity index (χ3n) is 5.17. The van der Waals surface area contributed by atoms with E-state index in [0.717, 1.165) is 12.1 Å². The average molecular weight is 429 g/mol. The van der Waals surface area contributed by atoms with Crippen molar-refractivity contribution in [1.82, 2.24) is 0 Å². The molecule has 0 aliphatic heterocycles. The zero-order valence-corrected chi connectivity index (χ0v) is 16.2. The first-order chi connectivity index (χ1) is 13.6. The minimum atomic E-state index is -4.42. The molecule has 0 bridgehead atoms. The van der Waals surface area contributed by atoms with E-state index in [0.29, 0.717) is 28.3 Å². The third kappa shape index (κ3) is 5.03. The van der Waals surface area contributed by atoms with Gasteiger partial charge in [0.05, 0.1) is 24.2 Å². The van der Waals surface area contributed by atoms with Gasteiger partial charge >= 0.3 is 12.1 Å². The van der Waals surface area contributed by atoms with Gasteiger partial charge in [-0.1, -0.05) is 23.7 Å². The molecule has 3 rings (SSSR count). The Morgan fingerprint density at radius 1 is 1.28 bits per heavy atom. The van der Waals surface area contributed by atoms with Crippen molar-refractivity contribution in [1.29, 1.82) is 0 Å². The van der Waals surface area contributed by atoms with Gasteiger partial charge < -0.3 is 14.9 Å². The largest absolute Gasteiger partial charge is 0.493 e. The van der Waals surface area contributed by atoms with Crippen LogP contribution in [0.15, 0.2) is 42.5 Å². The van der Waals surface area contributed by atoms with Crippen LogP contribution >= 0.6 is 11.6 Å². The minimum Gasteiger partial charge on any atom is -0.493 e. The number of hydrogen-bond donors (Lipinski definition) is 2. The van der Waals surface area contributed by atoms with E-state index in [9.17, 15) is 23.1 Å². The molecule has 4 nitrogen and oxygen atoms in total. The molecule has 156 valence electrons. The van der Waals surface area contributed by atoms with Gasteiger partial charge in [-0.2, -0.15) is 13.2 Å². The van der Waals surface area contributed by atoms with Crippen molar-refractivity contribution in [3.05, 3.63) is 64.2 Å². The highest BCUT2D eigenvalue weighted by molar-refractivity contribution is 6.31. The lowest BCUT2D eigenvalue weighted by molar-refractivity contribution is -0.145. The van der Waals surface area contributed by atoms with Crippen LogP contribution in [0.1, 0.15) is 42.1 Å².